The summed E-state index contributed by atoms with van der Waals surface area (Å²) in [5.74, 6) is -0.699. The molecule has 0 aromatic heterocycles. The van der Waals surface area contributed by atoms with Crippen LogP contribution in [0.2, 0.25) is 0 Å². The summed E-state index contributed by atoms with van der Waals surface area (Å²) < 4.78 is 0. The molecule has 1 amide bonds. The molecular formula is C16H17NO4. The molecule has 2 aromatic rings. The van der Waals surface area contributed by atoms with Crippen molar-refractivity contribution in [3.8, 4) is 17.2 Å². The van der Waals surface area contributed by atoms with Gasteiger partial charge in [0.15, 0.2) is 11.5 Å². The van der Waals surface area contributed by atoms with Gasteiger partial charge in [0, 0.05) is 11.6 Å². The molecule has 2 rings (SSSR count). The maximum atomic E-state index is 12.1. The Kier molecular flexibility index (Phi) is 4.33. The molecule has 0 saturated heterocycles. The molecule has 0 saturated carbocycles. The number of phenolic OH excluding ortho intramolecular Hbond substituents is 3. The fourth-order valence-electron chi connectivity index (χ4n) is 1.95. The lowest BCUT2D eigenvalue weighted by atomic mass is 10.00. The Morgan fingerprint density at radius 1 is 1.05 bits per heavy atom. The van der Waals surface area contributed by atoms with E-state index in [4.69, 9.17) is 0 Å². The summed E-state index contributed by atoms with van der Waals surface area (Å²) in [6.45, 7) is 1.78. The van der Waals surface area contributed by atoms with Crippen LogP contribution in [0.3, 0.4) is 0 Å². The number of benzene rings is 2. The number of aromatic hydroxyl groups is 3. The number of carbonyl (C=O) groups excluding carboxylic acids is 1. The van der Waals surface area contributed by atoms with Crippen molar-refractivity contribution in [2.75, 3.05) is 5.32 Å². The summed E-state index contributed by atoms with van der Waals surface area (Å²) >= 11 is 0. The van der Waals surface area contributed by atoms with Crippen LogP contribution < -0.4 is 5.32 Å². The van der Waals surface area contributed by atoms with E-state index >= 15 is 0 Å². The highest BCUT2D eigenvalue weighted by Gasteiger charge is 2.14. The highest BCUT2D eigenvalue weighted by molar-refractivity contribution is 5.92. The van der Waals surface area contributed by atoms with Gasteiger partial charge in [0.05, 0.1) is 0 Å². The second-order valence-corrected chi connectivity index (χ2v) is 4.96. The van der Waals surface area contributed by atoms with Crippen molar-refractivity contribution in [3.63, 3.8) is 0 Å². The van der Waals surface area contributed by atoms with Gasteiger partial charge in [0.1, 0.15) is 5.75 Å². The molecule has 2 aromatic carbocycles. The zero-order valence-electron chi connectivity index (χ0n) is 11.6. The average molecular weight is 287 g/mol. The normalized spacial score (nSPS) is 11.9. The van der Waals surface area contributed by atoms with Gasteiger partial charge in [-0.2, -0.15) is 0 Å². The van der Waals surface area contributed by atoms with Crippen LogP contribution in [0.25, 0.3) is 0 Å². The van der Waals surface area contributed by atoms with Crippen LogP contribution in [0.5, 0.6) is 17.2 Å². The number of hydrogen-bond donors (Lipinski definition) is 4. The maximum absolute atomic E-state index is 12.1. The van der Waals surface area contributed by atoms with Crippen LogP contribution in [0, 0.1) is 5.92 Å². The van der Waals surface area contributed by atoms with E-state index in [1.54, 1.807) is 25.1 Å². The first-order valence-electron chi connectivity index (χ1n) is 6.56. The molecule has 0 spiro atoms. The number of carbonyl (C=O) groups is 1. The molecule has 0 aliphatic carbocycles. The molecule has 1 unspecified atom stereocenters. The van der Waals surface area contributed by atoms with E-state index in [0.29, 0.717) is 12.1 Å². The Labute approximate surface area is 122 Å². The number of anilines is 1. The van der Waals surface area contributed by atoms with E-state index in [0.717, 1.165) is 5.56 Å². The predicted octanol–water partition coefficient (Wildman–Crippen LogP) is 2.62. The smallest absolute Gasteiger partial charge is 0.227 e. The molecule has 21 heavy (non-hydrogen) atoms. The van der Waals surface area contributed by atoms with Crippen LogP contribution >= 0.6 is 0 Å². The minimum absolute atomic E-state index is 0.139. The third-order valence-electron chi connectivity index (χ3n) is 3.16. The fraction of sp³-hybridized carbons (Fsp3) is 0.188. The quantitative estimate of drug-likeness (QED) is 0.514. The van der Waals surface area contributed by atoms with E-state index in [1.807, 2.05) is 0 Å². The molecule has 110 valence electrons. The van der Waals surface area contributed by atoms with E-state index in [-0.39, 0.29) is 29.1 Å². The number of phenols is 3. The summed E-state index contributed by atoms with van der Waals surface area (Å²) in [5, 5.41) is 30.6. The van der Waals surface area contributed by atoms with Crippen molar-refractivity contribution in [2.24, 2.45) is 5.92 Å². The predicted molar refractivity (Wildman–Crippen MR) is 79.4 cm³/mol. The summed E-state index contributed by atoms with van der Waals surface area (Å²) in [5.41, 5.74) is 1.37. The molecular weight excluding hydrogens is 270 g/mol. The molecule has 4 N–H and O–H groups in total. The first kappa shape index (κ1) is 14.7. The number of nitrogens with one attached hydrogen (secondary N) is 1. The Morgan fingerprint density at radius 2 is 1.71 bits per heavy atom. The zero-order valence-corrected chi connectivity index (χ0v) is 11.6. The van der Waals surface area contributed by atoms with Crippen molar-refractivity contribution in [3.05, 3.63) is 48.0 Å². The summed E-state index contributed by atoms with van der Waals surface area (Å²) in [6, 6.07) is 10.7. The van der Waals surface area contributed by atoms with Crippen molar-refractivity contribution >= 4 is 11.6 Å². The molecule has 0 heterocycles. The maximum Gasteiger partial charge on any atom is 0.227 e. The van der Waals surface area contributed by atoms with Gasteiger partial charge >= 0.3 is 0 Å². The summed E-state index contributed by atoms with van der Waals surface area (Å²) in [4.78, 5) is 12.1. The largest absolute Gasteiger partial charge is 0.508 e. The molecule has 0 aliphatic heterocycles. The Bertz CT molecular complexity index is 637. The Balaban J connectivity index is 1.98. The van der Waals surface area contributed by atoms with E-state index in [9.17, 15) is 20.1 Å². The Hall–Kier alpha value is -2.69. The van der Waals surface area contributed by atoms with E-state index in [1.165, 1.54) is 24.3 Å². The van der Waals surface area contributed by atoms with Gasteiger partial charge in [-0.25, -0.2) is 0 Å². The highest BCUT2D eigenvalue weighted by atomic mass is 16.3. The second-order valence-electron chi connectivity index (χ2n) is 4.96. The minimum atomic E-state index is -0.303. The van der Waals surface area contributed by atoms with Crippen molar-refractivity contribution in [1.82, 2.24) is 0 Å². The molecule has 1 atom stereocenters. The third-order valence-corrected chi connectivity index (χ3v) is 3.16. The average Bonchev–Trinajstić information content (AvgIpc) is 2.45. The van der Waals surface area contributed by atoms with E-state index in [2.05, 4.69) is 5.32 Å². The molecule has 0 radical (unpaired) electrons. The highest BCUT2D eigenvalue weighted by Crippen LogP contribution is 2.26. The Morgan fingerprint density at radius 3 is 2.33 bits per heavy atom. The number of hydrogen-bond acceptors (Lipinski definition) is 4. The second kappa shape index (κ2) is 6.17. The third kappa shape index (κ3) is 3.89. The van der Waals surface area contributed by atoms with Crippen molar-refractivity contribution in [1.29, 1.82) is 0 Å². The lowest BCUT2D eigenvalue weighted by Crippen LogP contribution is -2.22. The van der Waals surface area contributed by atoms with Gasteiger partial charge in [-0.3, -0.25) is 4.79 Å². The molecule has 5 nitrogen and oxygen atoms in total. The fourth-order valence-corrected chi connectivity index (χ4v) is 1.95. The van der Waals surface area contributed by atoms with Gasteiger partial charge in [-0.05, 0) is 48.4 Å². The van der Waals surface area contributed by atoms with Gasteiger partial charge in [0.25, 0.3) is 0 Å². The zero-order chi connectivity index (χ0) is 15.4. The number of amides is 1. The van der Waals surface area contributed by atoms with Gasteiger partial charge in [-0.15, -0.1) is 0 Å². The van der Waals surface area contributed by atoms with Crippen molar-refractivity contribution < 1.29 is 20.1 Å². The van der Waals surface area contributed by atoms with Gasteiger partial charge in [-0.1, -0.05) is 13.0 Å². The van der Waals surface area contributed by atoms with Crippen LogP contribution in [-0.2, 0) is 11.2 Å². The van der Waals surface area contributed by atoms with Gasteiger partial charge < -0.3 is 20.6 Å². The van der Waals surface area contributed by atoms with Crippen molar-refractivity contribution in [2.45, 2.75) is 13.3 Å². The lowest BCUT2D eigenvalue weighted by Gasteiger charge is -2.13. The standard InChI is InChI=1S/C16H17NO4/c1-10(8-11-2-7-14(19)15(20)9-11)16(21)17-12-3-5-13(18)6-4-12/h2-7,9-10,18-20H,8H2,1H3,(H,17,21). The lowest BCUT2D eigenvalue weighted by molar-refractivity contribution is -0.119. The molecule has 0 fully saturated rings. The minimum Gasteiger partial charge on any atom is -0.508 e. The first-order valence-corrected chi connectivity index (χ1v) is 6.56. The molecule has 5 heteroatoms. The number of rotatable bonds is 4. The van der Waals surface area contributed by atoms with Crippen LogP contribution in [0.1, 0.15) is 12.5 Å². The summed E-state index contributed by atoms with van der Waals surface area (Å²) in [6.07, 6.45) is 0.442. The SMILES string of the molecule is CC(Cc1ccc(O)c(O)c1)C(=O)Nc1ccc(O)cc1. The topological polar surface area (TPSA) is 89.8 Å². The molecule has 0 bridgehead atoms. The van der Waals surface area contributed by atoms with Crippen LogP contribution in [-0.4, -0.2) is 21.2 Å². The first-order chi connectivity index (χ1) is 9.95. The van der Waals surface area contributed by atoms with Crippen LogP contribution in [0.4, 0.5) is 5.69 Å². The molecule has 0 aliphatic rings. The van der Waals surface area contributed by atoms with Crippen LogP contribution in [0.15, 0.2) is 42.5 Å². The monoisotopic (exact) mass is 287 g/mol. The van der Waals surface area contributed by atoms with Gasteiger partial charge in [0.2, 0.25) is 5.91 Å². The summed E-state index contributed by atoms with van der Waals surface area (Å²) in [7, 11) is 0. The van der Waals surface area contributed by atoms with E-state index < -0.39 is 0 Å².